The van der Waals surface area contributed by atoms with Crippen molar-refractivity contribution in [1.29, 1.82) is 0 Å². The van der Waals surface area contributed by atoms with E-state index in [4.69, 9.17) is 4.74 Å². The largest absolute Gasteiger partial charge is 0.497 e. The highest BCUT2D eigenvalue weighted by Gasteiger charge is 2.13. The van der Waals surface area contributed by atoms with Gasteiger partial charge in [0.15, 0.2) is 16.1 Å². The van der Waals surface area contributed by atoms with Gasteiger partial charge in [0, 0.05) is 23.7 Å². The Morgan fingerprint density at radius 1 is 1.32 bits per heavy atom. The number of ether oxygens (including phenoxy) is 1. The van der Waals surface area contributed by atoms with Gasteiger partial charge in [-0.25, -0.2) is 4.98 Å². The zero-order chi connectivity index (χ0) is 17.8. The van der Waals surface area contributed by atoms with E-state index in [1.54, 1.807) is 13.3 Å². The topological polar surface area (TPSA) is 81.9 Å². The van der Waals surface area contributed by atoms with Crippen molar-refractivity contribution in [3.05, 3.63) is 35.3 Å². The van der Waals surface area contributed by atoms with Crippen molar-refractivity contribution < 1.29 is 9.53 Å². The van der Waals surface area contributed by atoms with Crippen LogP contribution in [0.4, 0.5) is 5.13 Å². The van der Waals surface area contributed by atoms with Crippen LogP contribution in [0.5, 0.6) is 5.75 Å². The van der Waals surface area contributed by atoms with E-state index in [2.05, 4.69) is 20.5 Å². The Hall–Kier alpha value is -2.39. The number of aromatic nitrogens is 4. The molecule has 7 nitrogen and oxygen atoms in total. The SMILES string of the molecule is COc1ccc(-c2nnc(SCC(=O)Nc3ncc(C)s3)n2C)cc1. The van der Waals surface area contributed by atoms with Crippen LogP contribution in [0, 0.1) is 6.92 Å². The van der Waals surface area contributed by atoms with Gasteiger partial charge in [-0.1, -0.05) is 11.8 Å². The lowest BCUT2D eigenvalue weighted by molar-refractivity contribution is -0.113. The first-order valence-corrected chi connectivity index (χ1v) is 9.26. The molecule has 9 heteroatoms. The summed E-state index contributed by atoms with van der Waals surface area (Å²) in [7, 11) is 3.51. The van der Waals surface area contributed by atoms with Gasteiger partial charge in [0.1, 0.15) is 5.75 Å². The van der Waals surface area contributed by atoms with Gasteiger partial charge < -0.3 is 14.6 Å². The minimum absolute atomic E-state index is 0.117. The summed E-state index contributed by atoms with van der Waals surface area (Å²) in [5.74, 6) is 1.65. The number of nitrogens with one attached hydrogen (secondary N) is 1. The summed E-state index contributed by atoms with van der Waals surface area (Å²) in [6.45, 7) is 1.95. The van der Waals surface area contributed by atoms with Gasteiger partial charge in [-0.2, -0.15) is 0 Å². The van der Waals surface area contributed by atoms with Crippen LogP contribution in [-0.4, -0.2) is 38.5 Å². The normalized spacial score (nSPS) is 10.7. The number of carbonyl (C=O) groups excluding carboxylic acids is 1. The molecule has 0 fully saturated rings. The Kier molecular flexibility index (Phi) is 5.34. The van der Waals surface area contributed by atoms with Crippen molar-refractivity contribution in [2.45, 2.75) is 12.1 Å². The van der Waals surface area contributed by atoms with Crippen molar-refractivity contribution in [3.63, 3.8) is 0 Å². The Morgan fingerprint density at radius 2 is 2.08 bits per heavy atom. The number of hydrogen-bond donors (Lipinski definition) is 1. The maximum Gasteiger partial charge on any atom is 0.236 e. The standard InChI is InChI=1S/C16H17N5O2S2/c1-10-8-17-15(25-10)18-13(22)9-24-16-20-19-14(21(16)2)11-4-6-12(23-3)7-5-11/h4-8H,9H2,1-3H3,(H,17,18,22). The molecule has 25 heavy (non-hydrogen) atoms. The molecular formula is C16H17N5O2S2. The highest BCUT2D eigenvalue weighted by molar-refractivity contribution is 7.99. The first-order valence-electron chi connectivity index (χ1n) is 7.45. The molecule has 0 saturated carbocycles. The minimum Gasteiger partial charge on any atom is -0.497 e. The minimum atomic E-state index is -0.117. The van der Waals surface area contributed by atoms with Crippen LogP contribution >= 0.6 is 23.1 Å². The summed E-state index contributed by atoms with van der Waals surface area (Å²) in [4.78, 5) is 17.2. The average Bonchev–Trinajstić information content (AvgIpc) is 3.19. The maximum atomic E-state index is 12.0. The molecule has 3 rings (SSSR count). The molecule has 0 unspecified atom stereocenters. The molecule has 0 radical (unpaired) electrons. The molecule has 0 aliphatic rings. The monoisotopic (exact) mass is 375 g/mol. The predicted octanol–water partition coefficient (Wildman–Crippen LogP) is 2.99. The fraction of sp³-hybridized carbons (Fsp3) is 0.250. The number of nitrogens with zero attached hydrogens (tertiary/aromatic N) is 4. The Morgan fingerprint density at radius 3 is 2.72 bits per heavy atom. The molecule has 1 amide bonds. The van der Waals surface area contributed by atoms with E-state index in [9.17, 15) is 4.79 Å². The molecule has 0 saturated heterocycles. The van der Waals surface area contributed by atoms with Crippen molar-refractivity contribution in [1.82, 2.24) is 19.7 Å². The van der Waals surface area contributed by atoms with Gasteiger partial charge in [0.05, 0.1) is 12.9 Å². The van der Waals surface area contributed by atoms with E-state index in [1.807, 2.05) is 42.8 Å². The molecule has 1 aromatic carbocycles. The van der Waals surface area contributed by atoms with E-state index in [0.717, 1.165) is 22.0 Å². The molecule has 0 aliphatic heterocycles. The predicted molar refractivity (Wildman–Crippen MR) is 99.2 cm³/mol. The fourth-order valence-electron chi connectivity index (χ4n) is 2.13. The van der Waals surface area contributed by atoms with Crippen LogP contribution in [0.15, 0.2) is 35.6 Å². The van der Waals surface area contributed by atoms with Crippen molar-refractivity contribution in [2.24, 2.45) is 7.05 Å². The smallest absolute Gasteiger partial charge is 0.236 e. The lowest BCUT2D eigenvalue weighted by Gasteiger charge is -2.05. The molecule has 1 N–H and O–H groups in total. The Balaban J connectivity index is 1.63. The van der Waals surface area contributed by atoms with E-state index in [0.29, 0.717) is 10.3 Å². The van der Waals surface area contributed by atoms with Gasteiger partial charge in [-0.15, -0.1) is 21.5 Å². The molecule has 0 bridgehead atoms. The van der Waals surface area contributed by atoms with E-state index >= 15 is 0 Å². The van der Waals surface area contributed by atoms with Crippen LogP contribution in [0.2, 0.25) is 0 Å². The molecule has 2 heterocycles. The molecular weight excluding hydrogens is 358 g/mol. The zero-order valence-corrected chi connectivity index (χ0v) is 15.6. The second kappa shape index (κ2) is 7.66. The molecule has 0 atom stereocenters. The van der Waals surface area contributed by atoms with E-state index < -0.39 is 0 Å². The quantitative estimate of drug-likeness (QED) is 0.667. The number of benzene rings is 1. The molecule has 0 aliphatic carbocycles. The number of amides is 1. The van der Waals surface area contributed by atoms with Gasteiger partial charge in [0.25, 0.3) is 0 Å². The fourth-order valence-corrected chi connectivity index (χ4v) is 3.52. The van der Waals surface area contributed by atoms with Crippen LogP contribution in [0.3, 0.4) is 0 Å². The number of hydrogen-bond acceptors (Lipinski definition) is 7. The third kappa shape index (κ3) is 4.18. The third-order valence-electron chi connectivity index (χ3n) is 3.38. The molecule has 130 valence electrons. The summed E-state index contributed by atoms with van der Waals surface area (Å²) < 4.78 is 7.03. The molecule has 3 aromatic rings. The van der Waals surface area contributed by atoms with E-state index in [-0.39, 0.29) is 11.7 Å². The number of anilines is 1. The Labute approximate surface area is 153 Å². The van der Waals surface area contributed by atoms with E-state index in [1.165, 1.54) is 23.1 Å². The first kappa shape index (κ1) is 17.4. The van der Waals surface area contributed by atoms with Crippen LogP contribution in [0.1, 0.15) is 4.88 Å². The van der Waals surface area contributed by atoms with Crippen LogP contribution in [-0.2, 0) is 11.8 Å². The highest BCUT2D eigenvalue weighted by atomic mass is 32.2. The summed E-state index contributed by atoms with van der Waals surface area (Å²) in [6.07, 6.45) is 1.73. The van der Waals surface area contributed by atoms with Crippen LogP contribution in [0.25, 0.3) is 11.4 Å². The number of aryl methyl sites for hydroxylation is 1. The van der Waals surface area contributed by atoms with Crippen LogP contribution < -0.4 is 10.1 Å². The van der Waals surface area contributed by atoms with Gasteiger partial charge >= 0.3 is 0 Å². The second-order valence-electron chi connectivity index (χ2n) is 5.21. The van der Waals surface area contributed by atoms with Crippen molar-refractivity contribution in [3.8, 4) is 17.1 Å². The second-order valence-corrected chi connectivity index (χ2v) is 7.38. The van der Waals surface area contributed by atoms with Gasteiger partial charge in [0.2, 0.25) is 5.91 Å². The number of thioether (sulfide) groups is 1. The third-order valence-corrected chi connectivity index (χ3v) is 5.23. The number of thiazole rings is 1. The zero-order valence-electron chi connectivity index (χ0n) is 14.0. The number of rotatable bonds is 6. The molecule has 0 spiro atoms. The molecule has 2 aromatic heterocycles. The van der Waals surface area contributed by atoms with Crippen molar-refractivity contribution >= 4 is 34.1 Å². The summed E-state index contributed by atoms with van der Waals surface area (Å²) >= 11 is 2.78. The highest BCUT2D eigenvalue weighted by Crippen LogP contribution is 2.24. The van der Waals surface area contributed by atoms with Gasteiger partial charge in [-0.05, 0) is 31.2 Å². The summed E-state index contributed by atoms with van der Waals surface area (Å²) in [5, 5.41) is 12.5. The number of methoxy groups -OCH3 is 1. The average molecular weight is 375 g/mol. The number of carbonyl (C=O) groups is 1. The van der Waals surface area contributed by atoms with Gasteiger partial charge in [-0.3, -0.25) is 4.79 Å². The lowest BCUT2D eigenvalue weighted by atomic mass is 10.2. The summed E-state index contributed by atoms with van der Waals surface area (Å²) in [6, 6.07) is 7.60. The summed E-state index contributed by atoms with van der Waals surface area (Å²) in [5.41, 5.74) is 0.936. The van der Waals surface area contributed by atoms with Crippen molar-refractivity contribution in [2.75, 3.05) is 18.2 Å². The maximum absolute atomic E-state index is 12.0. The first-order chi connectivity index (χ1) is 12.1. The Bertz CT molecular complexity index is 873. The lowest BCUT2D eigenvalue weighted by Crippen LogP contribution is -2.14.